The van der Waals surface area contributed by atoms with Crippen LogP contribution >= 0.6 is 0 Å². The van der Waals surface area contributed by atoms with Crippen LogP contribution in [-0.2, 0) is 19.0 Å². The van der Waals surface area contributed by atoms with Crippen LogP contribution in [0.3, 0.4) is 0 Å². The van der Waals surface area contributed by atoms with Crippen LogP contribution in [-0.4, -0.2) is 63.5 Å². The van der Waals surface area contributed by atoms with E-state index in [1.807, 2.05) is 6.92 Å². The van der Waals surface area contributed by atoms with E-state index >= 15 is 0 Å². The Hall–Kier alpha value is -0.650. The molecule has 1 saturated heterocycles. The van der Waals surface area contributed by atoms with E-state index in [1.165, 1.54) is 7.11 Å². The van der Waals surface area contributed by atoms with Crippen molar-refractivity contribution >= 4 is 5.97 Å². The molecule has 0 N–H and O–H groups in total. The van der Waals surface area contributed by atoms with Crippen LogP contribution in [0.1, 0.15) is 6.92 Å². The van der Waals surface area contributed by atoms with E-state index in [0.717, 1.165) is 6.54 Å². The van der Waals surface area contributed by atoms with Crippen molar-refractivity contribution in [1.29, 1.82) is 0 Å². The van der Waals surface area contributed by atoms with Crippen molar-refractivity contribution in [3.05, 3.63) is 0 Å². The molecule has 1 heterocycles. The maximum atomic E-state index is 11.5. The van der Waals surface area contributed by atoms with Crippen molar-refractivity contribution in [3.8, 4) is 0 Å². The van der Waals surface area contributed by atoms with Gasteiger partial charge in [-0.25, -0.2) is 0 Å². The lowest BCUT2D eigenvalue weighted by Gasteiger charge is -2.37. The number of morpholine rings is 1. The van der Waals surface area contributed by atoms with Crippen LogP contribution in [0.5, 0.6) is 0 Å². The normalized spacial score (nSPS) is 24.9. The molecule has 0 aliphatic carbocycles. The summed E-state index contributed by atoms with van der Waals surface area (Å²) in [5, 5.41) is 0. The minimum absolute atomic E-state index is 0.197. The largest absolute Gasteiger partial charge is 0.468 e. The predicted molar refractivity (Wildman–Crippen MR) is 54.7 cm³/mol. The fourth-order valence-corrected chi connectivity index (χ4v) is 1.82. The van der Waals surface area contributed by atoms with Gasteiger partial charge in [0, 0.05) is 19.7 Å². The van der Waals surface area contributed by atoms with Gasteiger partial charge in [-0.1, -0.05) is 0 Å². The molecule has 2 atom stereocenters. The summed E-state index contributed by atoms with van der Waals surface area (Å²) in [5.41, 5.74) is 0. The molecule has 0 aromatic carbocycles. The van der Waals surface area contributed by atoms with Gasteiger partial charge in [0.1, 0.15) is 6.04 Å². The van der Waals surface area contributed by atoms with Gasteiger partial charge in [-0.15, -0.1) is 0 Å². The van der Waals surface area contributed by atoms with E-state index in [0.29, 0.717) is 19.8 Å². The lowest BCUT2D eigenvalue weighted by molar-refractivity contribution is -0.155. The molecule has 88 valence electrons. The quantitative estimate of drug-likeness (QED) is 0.615. The zero-order valence-electron chi connectivity index (χ0n) is 9.56. The third-order valence-corrected chi connectivity index (χ3v) is 2.62. The summed E-state index contributed by atoms with van der Waals surface area (Å²) in [6.07, 6.45) is 0. The summed E-state index contributed by atoms with van der Waals surface area (Å²) in [4.78, 5) is 13.6. The summed E-state index contributed by atoms with van der Waals surface area (Å²) >= 11 is 0. The number of ether oxygens (including phenoxy) is 3. The first-order valence-corrected chi connectivity index (χ1v) is 5.11. The van der Waals surface area contributed by atoms with Crippen LogP contribution in [0.15, 0.2) is 0 Å². The van der Waals surface area contributed by atoms with Crippen molar-refractivity contribution < 1.29 is 19.0 Å². The minimum atomic E-state index is -0.297. The van der Waals surface area contributed by atoms with Gasteiger partial charge in [-0.3, -0.25) is 9.69 Å². The Bertz CT molecular complexity index is 210. The smallest absolute Gasteiger partial charge is 0.325 e. The first-order chi connectivity index (χ1) is 7.20. The van der Waals surface area contributed by atoms with E-state index in [2.05, 4.69) is 4.90 Å². The second-order valence-electron chi connectivity index (χ2n) is 3.66. The number of nitrogens with zero attached hydrogens (tertiary/aromatic N) is 1. The Morgan fingerprint density at radius 2 is 2.33 bits per heavy atom. The predicted octanol–water partition coefficient (Wildman–Crippen LogP) is -0.105. The van der Waals surface area contributed by atoms with E-state index in [1.54, 1.807) is 7.11 Å². The summed E-state index contributed by atoms with van der Waals surface area (Å²) < 4.78 is 15.1. The van der Waals surface area contributed by atoms with E-state index in [4.69, 9.17) is 14.2 Å². The molecule has 1 aliphatic heterocycles. The van der Waals surface area contributed by atoms with Gasteiger partial charge < -0.3 is 14.2 Å². The van der Waals surface area contributed by atoms with Gasteiger partial charge in [0.25, 0.3) is 0 Å². The number of carbonyl (C=O) groups is 1. The first kappa shape index (κ1) is 12.4. The molecule has 0 saturated carbocycles. The van der Waals surface area contributed by atoms with Gasteiger partial charge in [0.05, 0.1) is 26.9 Å². The third-order valence-electron chi connectivity index (χ3n) is 2.62. The Kier molecular flexibility index (Phi) is 5.01. The molecule has 15 heavy (non-hydrogen) atoms. The average molecular weight is 217 g/mol. The number of methoxy groups -OCH3 is 2. The number of hydrogen-bond donors (Lipinski definition) is 0. The molecule has 1 fully saturated rings. The van der Waals surface area contributed by atoms with E-state index < -0.39 is 0 Å². The highest BCUT2D eigenvalue weighted by atomic mass is 16.5. The van der Waals surface area contributed by atoms with Gasteiger partial charge in [0.2, 0.25) is 0 Å². The van der Waals surface area contributed by atoms with Crippen LogP contribution in [0.2, 0.25) is 0 Å². The highest BCUT2D eigenvalue weighted by Crippen LogP contribution is 2.12. The molecular weight excluding hydrogens is 198 g/mol. The van der Waals surface area contributed by atoms with Crippen LogP contribution in [0.4, 0.5) is 0 Å². The highest BCUT2D eigenvalue weighted by molar-refractivity contribution is 5.76. The molecule has 0 aromatic heterocycles. The fraction of sp³-hybridized carbons (Fsp3) is 0.900. The summed E-state index contributed by atoms with van der Waals surface area (Å²) in [5.74, 6) is -0.238. The molecule has 1 aliphatic rings. The van der Waals surface area contributed by atoms with Crippen molar-refractivity contribution in [2.75, 3.05) is 40.6 Å². The van der Waals surface area contributed by atoms with Crippen molar-refractivity contribution in [2.45, 2.75) is 19.0 Å². The standard InChI is InChI=1S/C10H19NO4/c1-8(6-13-2)11-4-5-15-7-9(11)10(12)14-3/h8-9H,4-7H2,1-3H3. The zero-order valence-corrected chi connectivity index (χ0v) is 9.56. The van der Waals surface area contributed by atoms with Crippen LogP contribution < -0.4 is 0 Å². The topological polar surface area (TPSA) is 48.0 Å². The average Bonchev–Trinajstić information content (AvgIpc) is 2.28. The van der Waals surface area contributed by atoms with Crippen molar-refractivity contribution in [3.63, 3.8) is 0 Å². The lowest BCUT2D eigenvalue weighted by atomic mass is 10.1. The molecule has 2 unspecified atom stereocenters. The number of carbonyl (C=O) groups excluding carboxylic acids is 1. The first-order valence-electron chi connectivity index (χ1n) is 5.11. The number of esters is 1. The van der Waals surface area contributed by atoms with Gasteiger partial charge in [-0.05, 0) is 6.92 Å². The number of hydrogen-bond acceptors (Lipinski definition) is 5. The maximum Gasteiger partial charge on any atom is 0.325 e. The van der Waals surface area contributed by atoms with E-state index in [9.17, 15) is 4.79 Å². The Balaban J connectivity index is 2.60. The molecule has 5 heteroatoms. The Labute approximate surface area is 90.3 Å². The van der Waals surface area contributed by atoms with Crippen LogP contribution in [0, 0.1) is 0 Å². The number of rotatable bonds is 4. The molecule has 0 spiro atoms. The van der Waals surface area contributed by atoms with Crippen molar-refractivity contribution in [2.24, 2.45) is 0 Å². The Morgan fingerprint density at radius 1 is 1.60 bits per heavy atom. The molecular formula is C10H19NO4. The third kappa shape index (κ3) is 3.15. The fourth-order valence-electron chi connectivity index (χ4n) is 1.82. The summed E-state index contributed by atoms with van der Waals surface area (Å²) in [7, 11) is 3.06. The maximum absolute atomic E-state index is 11.5. The molecule has 1 rings (SSSR count). The second kappa shape index (κ2) is 6.05. The van der Waals surface area contributed by atoms with Crippen LogP contribution in [0.25, 0.3) is 0 Å². The molecule has 0 aromatic rings. The minimum Gasteiger partial charge on any atom is -0.468 e. The molecule has 0 bridgehead atoms. The lowest BCUT2D eigenvalue weighted by Crippen LogP contribution is -2.54. The zero-order chi connectivity index (χ0) is 11.3. The van der Waals surface area contributed by atoms with Gasteiger partial charge >= 0.3 is 5.97 Å². The Morgan fingerprint density at radius 3 is 2.93 bits per heavy atom. The molecule has 0 radical (unpaired) electrons. The molecule has 0 amide bonds. The summed E-state index contributed by atoms with van der Waals surface area (Å²) in [6.45, 7) is 4.44. The second-order valence-corrected chi connectivity index (χ2v) is 3.66. The van der Waals surface area contributed by atoms with E-state index in [-0.39, 0.29) is 18.1 Å². The summed E-state index contributed by atoms with van der Waals surface area (Å²) in [6, 6.07) is -0.100. The monoisotopic (exact) mass is 217 g/mol. The molecule has 5 nitrogen and oxygen atoms in total. The highest BCUT2D eigenvalue weighted by Gasteiger charge is 2.33. The van der Waals surface area contributed by atoms with Crippen molar-refractivity contribution in [1.82, 2.24) is 4.90 Å². The SMILES string of the molecule is COCC(C)N1CCOCC1C(=O)OC. The van der Waals surface area contributed by atoms with Gasteiger partial charge in [-0.2, -0.15) is 0 Å². The van der Waals surface area contributed by atoms with Gasteiger partial charge in [0.15, 0.2) is 0 Å².